The number of likely N-dealkylation sites (tertiary alicyclic amines) is 1. The maximum Gasteiger partial charge on any atom is 0.255 e. The maximum atomic E-state index is 12.6. The van der Waals surface area contributed by atoms with Crippen molar-refractivity contribution in [1.29, 1.82) is 0 Å². The first-order valence-electron chi connectivity index (χ1n) is 7.97. The van der Waals surface area contributed by atoms with Gasteiger partial charge in [-0.15, -0.1) is 0 Å². The van der Waals surface area contributed by atoms with E-state index in [2.05, 4.69) is 4.98 Å². The Morgan fingerprint density at radius 2 is 2.41 bits per heavy atom. The zero-order valence-corrected chi connectivity index (χ0v) is 13.4. The summed E-state index contributed by atoms with van der Waals surface area (Å²) >= 11 is 0. The lowest BCUT2D eigenvalue weighted by Crippen LogP contribution is -2.35. The van der Waals surface area contributed by atoms with Crippen LogP contribution in [0.3, 0.4) is 0 Å². The number of methoxy groups -OCH3 is 1. The van der Waals surface area contributed by atoms with Crippen molar-refractivity contribution in [1.82, 2.24) is 9.88 Å². The molecule has 1 spiro atoms. The highest BCUT2D eigenvalue weighted by atomic mass is 16.5. The average molecular weight is 304 g/mol. The Morgan fingerprint density at radius 3 is 3.14 bits per heavy atom. The van der Waals surface area contributed by atoms with Crippen LogP contribution in [0, 0.1) is 12.8 Å². The van der Waals surface area contributed by atoms with E-state index in [1.165, 1.54) is 0 Å². The molecule has 3 rings (SSSR count). The van der Waals surface area contributed by atoms with Crippen LogP contribution < -0.4 is 0 Å². The highest BCUT2D eigenvalue weighted by Gasteiger charge is 2.46. The van der Waals surface area contributed by atoms with Gasteiger partial charge in [-0.3, -0.25) is 9.78 Å². The summed E-state index contributed by atoms with van der Waals surface area (Å²) in [7, 11) is 1.73. The molecule has 0 aliphatic carbocycles. The third kappa shape index (κ3) is 3.15. The first kappa shape index (κ1) is 15.4. The van der Waals surface area contributed by atoms with E-state index in [1.807, 2.05) is 24.0 Å². The number of amides is 1. The molecular formula is C17H24N2O3. The minimum atomic E-state index is -0.133. The van der Waals surface area contributed by atoms with Gasteiger partial charge >= 0.3 is 0 Å². The number of ether oxygens (including phenoxy) is 2. The Morgan fingerprint density at radius 1 is 1.55 bits per heavy atom. The number of rotatable bonds is 4. The van der Waals surface area contributed by atoms with Crippen LogP contribution in [-0.2, 0) is 9.47 Å². The third-order valence-electron chi connectivity index (χ3n) is 4.78. The fraction of sp³-hybridized carbons (Fsp3) is 0.647. The molecule has 0 unspecified atom stereocenters. The van der Waals surface area contributed by atoms with Gasteiger partial charge < -0.3 is 14.4 Å². The summed E-state index contributed by atoms with van der Waals surface area (Å²) < 4.78 is 11.2. The summed E-state index contributed by atoms with van der Waals surface area (Å²) in [6, 6.07) is 3.73. The lowest BCUT2D eigenvalue weighted by Gasteiger charge is -2.23. The molecule has 5 heteroatoms. The van der Waals surface area contributed by atoms with Gasteiger partial charge in [-0.25, -0.2) is 0 Å². The standard InChI is InChI=1S/C17H24N2O3/c1-13-3-4-15(10-18-13)16(20)19-7-6-17(12-19)9-14(11-22-17)5-8-21-2/h3-4,10,14H,5-9,11-12H2,1-2H3/t14-,17+/m0/s1. The van der Waals surface area contributed by atoms with Crippen molar-refractivity contribution >= 4 is 5.91 Å². The largest absolute Gasteiger partial charge is 0.385 e. The number of aryl methyl sites for hydroxylation is 1. The molecule has 5 nitrogen and oxygen atoms in total. The van der Waals surface area contributed by atoms with E-state index in [0.29, 0.717) is 18.0 Å². The zero-order valence-electron chi connectivity index (χ0n) is 13.4. The van der Waals surface area contributed by atoms with Crippen LogP contribution in [0.25, 0.3) is 0 Å². The van der Waals surface area contributed by atoms with E-state index in [9.17, 15) is 4.79 Å². The van der Waals surface area contributed by atoms with E-state index < -0.39 is 0 Å². The predicted octanol–water partition coefficient (Wildman–Crippen LogP) is 2.05. The first-order chi connectivity index (χ1) is 10.6. The molecular weight excluding hydrogens is 280 g/mol. The van der Waals surface area contributed by atoms with Gasteiger partial charge in [0.1, 0.15) is 0 Å². The molecule has 1 aromatic heterocycles. The highest BCUT2D eigenvalue weighted by molar-refractivity contribution is 5.94. The third-order valence-corrected chi connectivity index (χ3v) is 4.78. The van der Waals surface area contributed by atoms with E-state index >= 15 is 0 Å². The molecule has 1 amide bonds. The van der Waals surface area contributed by atoms with Crippen molar-refractivity contribution in [3.05, 3.63) is 29.6 Å². The van der Waals surface area contributed by atoms with E-state index in [4.69, 9.17) is 9.47 Å². The van der Waals surface area contributed by atoms with E-state index in [1.54, 1.807) is 13.3 Å². The Hall–Kier alpha value is -1.46. The highest BCUT2D eigenvalue weighted by Crippen LogP contribution is 2.39. The Balaban J connectivity index is 1.60. The molecule has 120 valence electrons. The number of hydrogen-bond donors (Lipinski definition) is 0. The lowest BCUT2D eigenvalue weighted by molar-refractivity contribution is 0.0113. The predicted molar refractivity (Wildman–Crippen MR) is 82.8 cm³/mol. The van der Waals surface area contributed by atoms with Gasteiger partial charge in [0.15, 0.2) is 0 Å². The lowest BCUT2D eigenvalue weighted by atomic mass is 9.92. The van der Waals surface area contributed by atoms with Crippen LogP contribution in [-0.4, -0.2) is 54.8 Å². The molecule has 2 atom stereocenters. The summed E-state index contributed by atoms with van der Waals surface area (Å²) in [5, 5.41) is 0. The van der Waals surface area contributed by atoms with Crippen LogP contribution in [0.5, 0.6) is 0 Å². The molecule has 0 aromatic carbocycles. The summed E-state index contributed by atoms with van der Waals surface area (Å²) in [6.45, 7) is 4.96. The molecule has 0 saturated carbocycles. The van der Waals surface area contributed by atoms with Crippen molar-refractivity contribution in [2.24, 2.45) is 5.92 Å². The topological polar surface area (TPSA) is 51.7 Å². The minimum absolute atomic E-state index is 0.0633. The molecule has 2 aliphatic rings. The quantitative estimate of drug-likeness (QED) is 0.854. The van der Waals surface area contributed by atoms with Crippen LogP contribution in [0.15, 0.2) is 18.3 Å². The summed E-state index contributed by atoms with van der Waals surface area (Å²) in [5.41, 5.74) is 1.46. The van der Waals surface area contributed by atoms with Gasteiger partial charge in [0.05, 0.1) is 24.3 Å². The van der Waals surface area contributed by atoms with Crippen molar-refractivity contribution in [2.75, 3.05) is 33.4 Å². The number of nitrogens with zero attached hydrogens (tertiary/aromatic N) is 2. The first-order valence-corrected chi connectivity index (χ1v) is 7.97. The van der Waals surface area contributed by atoms with Crippen molar-refractivity contribution < 1.29 is 14.3 Å². The minimum Gasteiger partial charge on any atom is -0.385 e. The van der Waals surface area contributed by atoms with Crippen molar-refractivity contribution in [3.8, 4) is 0 Å². The number of aromatic nitrogens is 1. The molecule has 0 bridgehead atoms. The maximum absolute atomic E-state index is 12.6. The normalized spacial score (nSPS) is 27.7. The van der Waals surface area contributed by atoms with E-state index in [-0.39, 0.29) is 11.5 Å². The smallest absolute Gasteiger partial charge is 0.255 e. The molecule has 2 fully saturated rings. The summed E-state index contributed by atoms with van der Waals surface area (Å²) in [4.78, 5) is 18.7. The van der Waals surface area contributed by atoms with Crippen LogP contribution >= 0.6 is 0 Å². The van der Waals surface area contributed by atoms with Gasteiger partial charge in [0.25, 0.3) is 5.91 Å². The van der Waals surface area contributed by atoms with Gasteiger partial charge in [-0.05, 0) is 44.2 Å². The number of pyridine rings is 1. The molecule has 22 heavy (non-hydrogen) atoms. The second-order valence-corrected chi connectivity index (χ2v) is 6.51. The SMILES string of the molecule is COCC[C@@H]1CO[C@]2(CCN(C(=O)c3ccc(C)nc3)C2)C1. The molecule has 0 radical (unpaired) electrons. The summed E-state index contributed by atoms with van der Waals surface area (Å²) in [6.07, 6.45) is 4.67. The van der Waals surface area contributed by atoms with Crippen molar-refractivity contribution in [3.63, 3.8) is 0 Å². The van der Waals surface area contributed by atoms with Crippen LogP contribution in [0.1, 0.15) is 35.3 Å². The second kappa shape index (κ2) is 6.34. The summed E-state index contributed by atoms with van der Waals surface area (Å²) in [5.74, 6) is 0.615. The molecule has 3 heterocycles. The Kier molecular flexibility index (Phi) is 4.45. The second-order valence-electron chi connectivity index (χ2n) is 6.51. The van der Waals surface area contributed by atoms with Gasteiger partial charge in [-0.2, -0.15) is 0 Å². The Labute approximate surface area is 131 Å². The Bertz CT molecular complexity index is 531. The molecule has 1 aromatic rings. The van der Waals surface area contributed by atoms with Gasteiger partial charge in [0, 0.05) is 32.2 Å². The molecule has 2 saturated heterocycles. The van der Waals surface area contributed by atoms with Crippen molar-refractivity contribution in [2.45, 2.75) is 31.8 Å². The molecule has 0 N–H and O–H groups in total. The van der Waals surface area contributed by atoms with Crippen LogP contribution in [0.4, 0.5) is 0 Å². The number of carbonyl (C=O) groups is 1. The fourth-order valence-corrected chi connectivity index (χ4v) is 3.49. The van der Waals surface area contributed by atoms with Gasteiger partial charge in [-0.1, -0.05) is 0 Å². The zero-order chi connectivity index (χ0) is 15.6. The molecule has 2 aliphatic heterocycles. The van der Waals surface area contributed by atoms with Crippen LogP contribution in [0.2, 0.25) is 0 Å². The average Bonchev–Trinajstić information content (AvgIpc) is 3.13. The monoisotopic (exact) mass is 304 g/mol. The van der Waals surface area contributed by atoms with E-state index in [0.717, 1.165) is 44.7 Å². The van der Waals surface area contributed by atoms with Gasteiger partial charge in [0.2, 0.25) is 0 Å². The fourth-order valence-electron chi connectivity index (χ4n) is 3.49. The number of hydrogen-bond acceptors (Lipinski definition) is 4. The number of carbonyl (C=O) groups excluding carboxylic acids is 1.